The zero-order valence-electron chi connectivity index (χ0n) is 7.10. The molecule has 0 aliphatic heterocycles. The number of anilines is 1. The summed E-state index contributed by atoms with van der Waals surface area (Å²) >= 11 is 0. The van der Waals surface area contributed by atoms with Crippen molar-refractivity contribution in [1.82, 2.24) is 0 Å². The van der Waals surface area contributed by atoms with E-state index in [0.29, 0.717) is 6.92 Å². The van der Waals surface area contributed by atoms with Crippen molar-refractivity contribution in [3.05, 3.63) is 29.8 Å². The molecule has 0 fully saturated rings. The number of nitrogen functional groups attached to an aromatic ring is 1. The van der Waals surface area contributed by atoms with Gasteiger partial charge in [0.1, 0.15) is 0 Å². The van der Waals surface area contributed by atoms with E-state index in [4.69, 9.17) is 5.73 Å². The monoisotopic (exact) mass is 189 g/mol. The summed E-state index contributed by atoms with van der Waals surface area (Å²) in [6.07, 6.45) is -2.30. The van der Waals surface area contributed by atoms with E-state index in [0.717, 1.165) is 0 Å². The van der Waals surface area contributed by atoms with Gasteiger partial charge in [-0.15, -0.1) is 0 Å². The fourth-order valence-electron chi connectivity index (χ4n) is 1.01. The highest BCUT2D eigenvalue weighted by atomic mass is 19.3. The summed E-state index contributed by atoms with van der Waals surface area (Å²) in [4.78, 5) is 0. The van der Waals surface area contributed by atoms with Crippen molar-refractivity contribution in [1.29, 1.82) is 0 Å². The largest absolute Gasteiger partial charge is 0.399 e. The van der Waals surface area contributed by atoms with Crippen molar-refractivity contribution in [2.75, 3.05) is 5.73 Å². The van der Waals surface area contributed by atoms with Crippen LogP contribution in [-0.4, -0.2) is 5.92 Å². The molecule has 1 atom stereocenters. The lowest BCUT2D eigenvalue weighted by Gasteiger charge is -2.16. The highest BCUT2D eigenvalue weighted by molar-refractivity contribution is 5.41. The predicted molar refractivity (Wildman–Crippen MR) is 45.3 cm³/mol. The van der Waals surface area contributed by atoms with E-state index in [1.807, 2.05) is 0 Å². The van der Waals surface area contributed by atoms with Crippen LogP contribution in [0.25, 0.3) is 0 Å². The molecule has 0 bridgehead atoms. The van der Waals surface area contributed by atoms with Gasteiger partial charge in [-0.2, -0.15) is 0 Å². The number of hydrogen-bond acceptors (Lipinski definition) is 1. The third-order valence-corrected chi connectivity index (χ3v) is 1.65. The van der Waals surface area contributed by atoms with Gasteiger partial charge in [0.25, 0.3) is 5.92 Å². The Labute approximate surface area is 74.4 Å². The van der Waals surface area contributed by atoms with Crippen LogP contribution in [0.1, 0.15) is 18.7 Å². The maximum absolute atomic E-state index is 13.0. The SMILES string of the molecule is CC(F)(F)C(F)c1cccc(N)c1. The molecule has 0 aliphatic rings. The highest BCUT2D eigenvalue weighted by Gasteiger charge is 2.35. The van der Waals surface area contributed by atoms with Gasteiger partial charge in [-0.05, 0) is 17.7 Å². The molecule has 1 aromatic carbocycles. The summed E-state index contributed by atoms with van der Waals surface area (Å²) in [5, 5.41) is 0. The van der Waals surface area contributed by atoms with Gasteiger partial charge in [0.2, 0.25) is 0 Å². The van der Waals surface area contributed by atoms with E-state index < -0.39 is 12.1 Å². The maximum atomic E-state index is 13.0. The molecule has 1 aromatic rings. The summed E-state index contributed by atoms with van der Waals surface area (Å²) in [7, 11) is 0. The van der Waals surface area contributed by atoms with Crippen LogP contribution < -0.4 is 5.73 Å². The minimum absolute atomic E-state index is 0.0903. The molecule has 0 amide bonds. The Balaban J connectivity index is 2.96. The Morgan fingerprint density at radius 2 is 2.00 bits per heavy atom. The Morgan fingerprint density at radius 3 is 2.46 bits per heavy atom. The maximum Gasteiger partial charge on any atom is 0.280 e. The summed E-state index contributed by atoms with van der Waals surface area (Å²) in [6.45, 7) is 0.543. The molecule has 1 rings (SSSR count). The molecule has 4 heteroatoms. The van der Waals surface area contributed by atoms with Crippen molar-refractivity contribution < 1.29 is 13.2 Å². The van der Waals surface area contributed by atoms with Crippen LogP contribution in [-0.2, 0) is 0 Å². The van der Waals surface area contributed by atoms with E-state index in [-0.39, 0.29) is 11.3 Å². The number of rotatable bonds is 2. The third-order valence-electron chi connectivity index (χ3n) is 1.65. The lowest BCUT2D eigenvalue weighted by atomic mass is 10.1. The van der Waals surface area contributed by atoms with Gasteiger partial charge in [0.05, 0.1) is 0 Å². The standard InChI is InChI=1S/C9H10F3N/c1-9(11,12)8(10)6-3-2-4-7(13)5-6/h2-5,8H,13H2,1H3. The number of benzene rings is 1. The van der Waals surface area contributed by atoms with E-state index in [9.17, 15) is 13.2 Å². The molecule has 2 N–H and O–H groups in total. The van der Waals surface area contributed by atoms with Crippen molar-refractivity contribution in [3.8, 4) is 0 Å². The second kappa shape index (κ2) is 3.28. The smallest absolute Gasteiger partial charge is 0.280 e. The van der Waals surface area contributed by atoms with Gasteiger partial charge in [-0.1, -0.05) is 12.1 Å². The molecule has 0 aliphatic carbocycles. The van der Waals surface area contributed by atoms with E-state index in [1.165, 1.54) is 24.3 Å². The second-order valence-corrected chi connectivity index (χ2v) is 2.99. The fourth-order valence-corrected chi connectivity index (χ4v) is 1.01. The Morgan fingerprint density at radius 1 is 1.38 bits per heavy atom. The average molecular weight is 189 g/mol. The van der Waals surface area contributed by atoms with Gasteiger partial charge in [0.15, 0.2) is 6.17 Å². The Kier molecular flexibility index (Phi) is 2.50. The van der Waals surface area contributed by atoms with E-state index in [1.54, 1.807) is 0 Å². The minimum atomic E-state index is -3.37. The summed E-state index contributed by atoms with van der Waals surface area (Å²) in [5.74, 6) is -3.37. The molecule has 0 radical (unpaired) electrons. The summed E-state index contributed by atoms with van der Waals surface area (Å²) in [6, 6.07) is 5.47. The zero-order valence-corrected chi connectivity index (χ0v) is 7.10. The molecule has 0 heterocycles. The van der Waals surface area contributed by atoms with Gasteiger partial charge in [-0.25, -0.2) is 13.2 Å². The molecule has 0 aromatic heterocycles. The molecular formula is C9H10F3N. The van der Waals surface area contributed by atoms with Gasteiger partial charge >= 0.3 is 0 Å². The first-order valence-electron chi connectivity index (χ1n) is 3.78. The predicted octanol–water partition coefficient (Wildman–Crippen LogP) is 2.93. The first kappa shape index (κ1) is 9.89. The Hall–Kier alpha value is -1.19. The molecular weight excluding hydrogens is 179 g/mol. The molecule has 0 saturated heterocycles. The van der Waals surface area contributed by atoms with Gasteiger partial charge in [-0.3, -0.25) is 0 Å². The quantitative estimate of drug-likeness (QED) is 0.711. The average Bonchev–Trinajstić information content (AvgIpc) is 2.01. The zero-order chi connectivity index (χ0) is 10.1. The number of halogens is 3. The van der Waals surface area contributed by atoms with E-state index >= 15 is 0 Å². The summed E-state index contributed by atoms with van der Waals surface area (Å²) < 4.78 is 38.1. The van der Waals surface area contributed by atoms with Crippen LogP contribution in [0.3, 0.4) is 0 Å². The normalized spacial score (nSPS) is 14.2. The lowest BCUT2D eigenvalue weighted by Crippen LogP contribution is -2.18. The van der Waals surface area contributed by atoms with Crippen LogP contribution in [0, 0.1) is 0 Å². The van der Waals surface area contributed by atoms with Crippen LogP contribution in [0.5, 0.6) is 0 Å². The molecule has 13 heavy (non-hydrogen) atoms. The molecule has 1 unspecified atom stereocenters. The van der Waals surface area contributed by atoms with Crippen molar-refractivity contribution in [2.24, 2.45) is 0 Å². The summed E-state index contributed by atoms with van der Waals surface area (Å²) in [5.41, 5.74) is 5.52. The molecule has 0 spiro atoms. The highest BCUT2D eigenvalue weighted by Crippen LogP contribution is 2.34. The van der Waals surface area contributed by atoms with Gasteiger partial charge < -0.3 is 5.73 Å². The number of nitrogens with two attached hydrogens (primary N) is 1. The number of hydrogen-bond donors (Lipinski definition) is 1. The van der Waals surface area contributed by atoms with Crippen LogP contribution in [0.4, 0.5) is 18.9 Å². The molecule has 0 saturated carbocycles. The lowest BCUT2D eigenvalue weighted by molar-refractivity contribution is -0.0566. The first-order valence-corrected chi connectivity index (χ1v) is 3.78. The van der Waals surface area contributed by atoms with Crippen LogP contribution in [0.2, 0.25) is 0 Å². The van der Waals surface area contributed by atoms with Crippen molar-refractivity contribution >= 4 is 5.69 Å². The Bertz CT molecular complexity index is 293. The molecule has 72 valence electrons. The minimum Gasteiger partial charge on any atom is -0.399 e. The first-order chi connectivity index (χ1) is 5.91. The van der Waals surface area contributed by atoms with Crippen molar-refractivity contribution in [3.63, 3.8) is 0 Å². The fraction of sp³-hybridized carbons (Fsp3) is 0.333. The van der Waals surface area contributed by atoms with Gasteiger partial charge in [0, 0.05) is 12.6 Å². The van der Waals surface area contributed by atoms with Crippen LogP contribution in [0.15, 0.2) is 24.3 Å². The van der Waals surface area contributed by atoms with E-state index in [2.05, 4.69) is 0 Å². The topological polar surface area (TPSA) is 26.0 Å². The van der Waals surface area contributed by atoms with Crippen LogP contribution >= 0.6 is 0 Å². The van der Waals surface area contributed by atoms with Crippen molar-refractivity contribution in [2.45, 2.75) is 19.0 Å². The number of alkyl halides is 3. The second-order valence-electron chi connectivity index (χ2n) is 2.99. The third kappa shape index (κ3) is 2.37. The molecule has 1 nitrogen and oxygen atoms in total.